The number of carboxylic acid groups (broad SMARTS) is 1. The summed E-state index contributed by atoms with van der Waals surface area (Å²) < 4.78 is 99.3. The van der Waals surface area contributed by atoms with Crippen molar-refractivity contribution in [1.82, 2.24) is 33.7 Å². The van der Waals surface area contributed by atoms with Crippen molar-refractivity contribution in [3.63, 3.8) is 0 Å². The number of halogens is 7. The minimum absolute atomic E-state index is 0. The van der Waals surface area contributed by atoms with Crippen LogP contribution in [0.5, 0.6) is 17.2 Å². The molecule has 0 unspecified atom stereocenters. The number of carbonyl (C=O) groups excluding carboxylic acids is 4. The number of aliphatic carboxylic acids is 1. The highest BCUT2D eigenvalue weighted by atomic mass is 79.9. The van der Waals surface area contributed by atoms with Crippen molar-refractivity contribution in [3.8, 4) is 17.2 Å². The number of nitrogen functional groups attached to an aromatic ring is 1. The number of ether oxygens (including phenoxy) is 9. The van der Waals surface area contributed by atoms with Crippen molar-refractivity contribution in [2.45, 2.75) is 91.9 Å². The summed E-state index contributed by atoms with van der Waals surface area (Å²) in [5.74, 6) is 0.135. The standard InChI is InChI=1S/C19H20F2N4O3.C12H15BrN2O2.C7H6F2N2O.C6H7BrN2O.C6H11ClO2.C6H12O3.C5H10O3.2CH4/c1-27-8-4-5-12-10-25-11-13(9-16(28-2)18(25)22-12)23-19(26)15-7-3-6-14(24-15)17(20)21;1-16-5-3-4-10-8-15-7-9(13)6-11(17-2)12(15)14-10;8-6(9)4-2-1-3-5(11-4)7(10)12;1-10-5-2-4(7)3-9-6(5)8;1-9-4-2-3-6(8)5-7;1-8-5-3-4-6(7)9-2;1-8-4-2-3-5(6)7;;/h3,6-7,9-11,17H,4-5,8H2,1-2H3,(H,23,26);6-8H,3-5H2,1-2H3;1-3,6H,(H2,10,12);2-3H,1H3,(H2,8,9);2-5H2,1H3;3-5H2,1-2H3;2-4H2,1H3,(H,6,7);2*1H4. The molecule has 0 spiro atoms. The third-order valence-electron chi connectivity index (χ3n) is 11.6. The second-order valence-corrected chi connectivity index (χ2v) is 20.7. The highest BCUT2D eigenvalue weighted by Crippen LogP contribution is 2.27. The number of pyridine rings is 5. The summed E-state index contributed by atoms with van der Waals surface area (Å²) in [5, 5.41) is 10.7. The summed E-state index contributed by atoms with van der Waals surface area (Å²) >= 11 is 11.9. The van der Waals surface area contributed by atoms with Crippen molar-refractivity contribution >= 4 is 95.8 Å². The molecule has 7 heterocycles. The third kappa shape index (κ3) is 37.3. The molecule has 95 heavy (non-hydrogen) atoms. The first-order valence-electron chi connectivity index (χ1n) is 28.1. The molecule has 0 aliphatic rings. The van der Waals surface area contributed by atoms with E-state index in [1.54, 1.807) is 78.7 Å². The van der Waals surface area contributed by atoms with E-state index in [1.807, 2.05) is 29.1 Å². The van der Waals surface area contributed by atoms with Crippen molar-refractivity contribution in [3.05, 3.63) is 129 Å². The molecule has 2 amide bonds. The number of ketones is 1. The number of primary amides is 1. The van der Waals surface area contributed by atoms with Crippen molar-refractivity contribution in [2.24, 2.45) is 5.73 Å². The number of nitrogens with two attached hydrogens (primary N) is 2. The molecule has 0 fully saturated rings. The molecule has 0 aliphatic carbocycles. The van der Waals surface area contributed by atoms with Crippen LogP contribution in [0.3, 0.4) is 0 Å². The molecule has 0 saturated carbocycles. The Morgan fingerprint density at radius 2 is 1.03 bits per heavy atom. The predicted octanol–water partition coefficient (Wildman–Crippen LogP) is 12.3. The molecule has 6 N–H and O–H groups in total. The molecule has 0 saturated heterocycles. The Morgan fingerprint density at radius 1 is 0.589 bits per heavy atom. The molecule has 0 bridgehead atoms. The first-order valence-corrected chi connectivity index (χ1v) is 30.3. The van der Waals surface area contributed by atoms with E-state index in [0.29, 0.717) is 74.3 Å². The number of aromatic nitrogens is 7. The largest absolute Gasteiger partial charge is 0.493 e. The van der Waals surface area contributed by atoms with Crippen LogP contribution in [-0.4, -0.2) is 171 Å². The number of hydrogen-bond acceptors (Lipinski definition) is 20. The number of esters is 1. The van der Waals surface area contributed by atoms with E-state index in [1.165, 1.54) is 44.6 Å². The number of amides is 2. The van der Waals surface area contributed by atoms with Gasteiger partial charge in [-0.3, -0.25) is 24.0 Å². The summed E-state index contributed by atoms with van der Waals surface area (Å²) in [6.45, 7) is 3.19. The molecule has 530 valence electrons. The maximum atomic E-state index is 12.8. The van der Waals surface area contributed by atoms with E-state index in [-0.39, 0.29) is 50.3 Å². The number of rotatable bonds is 29. The maximum Gasteiger partial charge on any atom is 0.305 e. The number of fused-ring (bicyclic) bond motifs is 2. The highest BCUT2D eigenvalue weighted by Gasteiger charge is 2.17. The van der Waals surface area contributed by atoms with Gasteiger partial charge in [0.05, 0.1) is 51.4 Å². The van der Waals surface area contributed by atoms with Crippen LogP contribution in [-0.2, 0) is 55.6 Å². The molecule has 0 aliphatic heterocycles. The van der Waals surface area contributed by atoms with Gasteiger partial charge in [-0.1, -0.05) is 27.0 Å². The van der Waals surface area contributed by atoms with Gasteiger partial charge in [-0.25, -0.2) is 42.5 Å². The number of Topliss-reactive ketones (excluding diaryl/α,β-unsaturated/α-hetero) is 1. The summed E-state index contributed by atoms with van der Waals surface area (Å²) in [4.78, 5) is 73.6. The van der Waals surface area contributed by atoms with Gasteiger partial charge in [-0.05, 0) is 113 Å². The average molecular weight is 1500 g/mol. The zero-order valence-corrected chi connectivity index (χ0v) is 57.1. The van der Waals surface area contributed by atoms with Gasteiger partial charge in [-0.2, -0.15) is 0 Å². The second kappa shape index (κ2) is 52.6. The number of imidazole rings is 2. The van der Waals surface area contributed by atoms with Crippen LogP contribution in [0.2, 0.25) is 0 Å². The molecule has 7 aromatic rings. The van der Waals surface area contributed by atoms with Gasteiger partial charge < -0.3 is 73.3 Å². The number of carbonyl (C=O) groups is 5. The van der Waals surface area contributed by atoms with Crippen LogP contribution in [0.25, 0.3) is 11.3 Å². The quantitative estimate of drug-likeness (QED) is 0.0146. The van der Waals surface area contributed by atoms with Crippen molar-refractivity contribution < 1.29 is 89.3 Å². The SMILES string of the molecule is C.C.COCCCC(=O)CCl.COCCCC(=O)O.COCCCC(=O)OC.COCCCc1cn2cc(Br)cc(OC)c2n1.COCCCc1cn2cc(NC(=O)c3cccc(C(F)F)n3)cc(OC)c2n1.COc1cc(Br)cnc1N.NC(=O)c1cccc(C(F)F)n1. The van der Waals surface area contributed by atoms with Gasteiger partial charge in [0.25, 0.3) is 24.7 Å². The van der Waals surface area contributed by atoms with Crippen LogP contribution in [0, 0.1) is 0 Å². The van der Waals surface area contributed by atoms with E-state index in [4.69, 9.17) is 61.3 Å². The number of carboxylic acids is 1. The van der Waals surface area contributed by atoms with Crippen LogP contribution in [0.15, 0.2) is 94.5 Å². The van der Waals surface area contributed by atoms with E-state index in [0.717, 1.165) is 82.9 Å². The van der Waals surface area contributed by atoms with Gasteiger partial charge >= 0.3 is 11.9 Å². The Balaban J connectivity index is 0. The molecule has 7 rings (SSSR count). The van der Waals surface area contributed by atoms with E-state index in [2.05, 4.69) is 71.6 Å². The zero-order valence-electron chi connectivity index (χ0n) is 53.1. The number of hydrogen-bond donors (Lipinski definition) is 4. The Labute approximate surface area is 573 Å². The van der Waals surface area contributed by atoms with Crippen LogP contribution >= 0.6 is 43.5 Å². The topological polar surface area (TPSA) is 326 Å². The van der Waals surface area contributed by atoms with Crippen LogP contribution in [0.1, 0.15) is 123 Å². The molecule has 0 radical (unpaired) electrons. The molecular formula is C63H89Br2ClF4N10O15. The number of aryl methyl sites for hydroxylation is 2. The normalized spacial score (nSPS) is 10.1. The van der Waals surface area contributed by atoms with Gasteiger partial charge in [0, 0.05) is 134 Å². The lowest BCUT2D eigenvalue weighted by atomic mass is 10.2. The highest BCUT2D eigenvalue weighted by molar-refractivity contribution is 9.10. The fourth-order valence-electron chi connectivity index (χ4n) is 7.12. The number of methoxy groups -OCH3 is 9. The minimum Gasteiger partial charge on any atom is -0.493 e. The Bertz CT molecular complexity index is 3300. The lowest BCUT2D eigenvalue weighted by molar-refractivity contribution is -0.141. The Morgan fingerprint density at radius 3 is 1.47 bits per heavy atom. The molecule has 25 nitrogen and oxygen atoms in total. The van der Waals surface area contributed by atoms with E-state index >= 15 is 0 Å². The summed E-state index contributed by atoms with van der Waals surface area (Å²) in [6, 6.07) is 13.0. The second-order valence-electron chi connectivity index (χ2n) is 18.6. The number of nitrogens with one attached hydrogen (secondary N) is 1. The monoisotopic (exact) mass is 1490 g/mol. The number of nitrogens with zero attached hydrogens (tertiary/aromatic N) is 7. The first-order chi connectivity index (χ1) is 44.5. The Hall–Kier alpha value is -7.65. The van der Waals surface area contributed by atoms with E-state index in [9.17, 15) is 41.5 Å². The molecule has 7 aromatic heterocycles. The van der Waals surface area contributed by atoms with Gasteiger partial charge in [0.2, 0.25) is 0 Å². The third-order valence-corrected chi connectivity index (χ3v) is 12.7. The van der Waals surface area contributed by atoms with Crippen LogP contribution in [0.4, 0.5) is 29.1 Å². The average Bonchev–Trinajstić information content (AvgIpc) is 1.80. The molecule has 32 heteroatoms. The van der Waals surface area contributed by atoms with Crippen molar-refractivity contribution in [2.75, 3.05) is 114 Å². The van der Waals surface area contributed by atoms with Gasteiger partial charge in [0.1, 0.15) is 28.6 Å². The lowest BCUT2D eigenvalue weighted by Gasteiger charge is -2.09. The zero-order chi connectivity index (χ0) is 69.7. The summed E-state index contributed by atoms with van der Waals surface area (Å²) in [6.07, 6.45) is 10.5. The van der Waals surface area contributed by atoms with E-state index < -0.39 is 42.0 Å². The van der Waals surface area contributed by atoms with Gasteiger partial charge in [0.15, 0.2) is 34.4 Å². The summed E-state index contributed by atoms with van der Waals surface area (Å²) in [5.41, 5.74) is 13.0. The molecule has 0 atom stereocenters. The van der Waals surface area contributed by atoms with Crippen molar-refractivity contribution in [1.29, 1.82) is 0 Å². The molecule has 0 aromatic carbocycles. The fraction of sp³-hybridized carbons (Fsp3) is 0.460. The predicted molar refractivity (Wildman–Crippen MR) is 362 cm³/mol. The van der Waals surface area contributed by atoms with Crippen LogP contribution < -0.4 is 31.0 Å². The Kier molecular flexibility index (Phi) is 49.5. The maximum absolute atomic E-state index is 12.8. The minimum atomic E-state index is -2.74. The fourth-order valence-corrected chi connectivity index (χ4v) is 7.99. The summed E-state index contributed by atoms with van der Waals surface area (Å²) in [7, 11) is 14.2. The number of alkyl halides is 5. The smallest absolute Gasteiger partial charge is 0.305 e. The lowest BCUT2D eigenvalue weighted by Crippen LogP contribution is -2.15. The number of anilines is 2. The molecular weight excluding hydrogens is 1410 g/mol. The first kappa shape index (κ1) is 89.4. The van der Waals surface area contributed by atoms with Gasteiger partial charge in [-0.15, -0.1) is 11.6 Å².